The second-order valence-electron chi connectivity index (χ2n) is 16.3. The van der Waals surface area contributed by atoms with E-state index in [2.05, 4.69) is 150 Å². The van der Waals surface area contributed by atoms with E-state index in [1.54, 1.807) is 0 Å². The van der Waals surface area contributed by atoms with Gasteiger partial charge in [-0.25, -0.2) is 4.98 Å². The van der Waals surface area contributed by atoms with E-state index in [1.807, 2.05) is 61.5 Å². The van der Waals surface area contributed by atoms with Gasteiger partial charge in [0.05, 0.1) is 27.8 Å². The average Bonchev–Trinajstić information content (AvgIpc) is 4.11. The summed E-state index contributed by atoms with van der Waals surface area (Å²) in [5.74, 6) is 1.67. The van der Waals surface area contributed by atoms with E-state index in [1.165, 1.54) is 0 Å². The summed E-state index contributed by atoms with van der Waals surface area (Å²) in [5.41, 5.74) is 12.4. The van der Waals surface area contributed by atoms with E-state index >= 15 is 0 Å². The third-order valence-corrected chi connectivity index (χ3v) is 12.6. The van der Waals surface area contributed by atoms with Crippen LogP contribution >= 0.6 is 0 Å². The smallest absolute Gasteiger partial charge is 0.238 e. The summed E-state index contributed by atoms with van der Waals surface area (Å²) in [5, 5.41) is 8.61. The van der Waals surface area contributed by atoms with Crippen LogP contribution in [0.4, 0.5) is 0 Å². The van der Waals surface area contributed by atoms with Crippen molar-refractivity contribution in [1.82, 2.24) is 24.1 Å². The van der Waals surface area contributed by atoms with Crippen molar-refractivity contribution in [2.24, 2.45) is 0 Å². The van der Waals surface area contributed by atoms with Gasteiger partial charge in [-0.1, -0.05) is 146 Å². The lowest BCUT2D eigenvalue weighted by atomic mass is 9.98. The molecule has 0 radical (unpaired) electrons. The van der Waals surface area contributed by atoms with E-state index < -0.39 is 0 Å². The first-order valence-corrected chi connectivity index (χ1v) is 21.6. The fourth-order valence-electron chi connectivity index (χ4n) is 9.83. The molecule has 0 aliphatic carbocycles. The number of hydrogen-bond acceptors (Lipinski definition) is 5. The third kappa shape index (κ3) is 5.31. The third-order valence-electron chi connectivity index (χ3n) is 12.6. The van der Waals surface area contributed by atoms with Crippen molar-refractivity contribution in [2.45, 2.75) is 13.8 Å². The molecule has 0 N–H and O–H groups in total. The molecule has 0 aliphatic heterocycles. The lowest BCUT2D eigenvalue weighted by molar-refractivity contribution is 0.668. The summed E-state index contributed by atoms with van der Waals surface area (Å²) in [4.78, 5) is 16.0. The van der Waals surface area contributed by atoms with Crippen LogP contribution < -0.4 is 0 Å². The van der Waals surface area contributed by atoms with E-state index in [0.717, 1.165) is 115 Å². The second-order valence-corrected chi connectivity index (χ2v) is 16.3. The summed E-state index contributed by atoms with van der Waals surface area (Å²) in [7, 11) is 0. The zero-order chi connectivity index (χ0) is 42.5. The van der Waals surface area contributed by atoms with Crippen LogP contribution in [0.2, 0.25) is 0 Å². The maximum Gasteiger partial charge on any atom is 0.238 e. The standard InChI is InChI=1S/C57H37N5O2/c1-3-4-17-34(2)55-58-56(43-24-16-29-49-51(43)41-22-10-14-27-47(41)63-49)60-57(59-55)62-46-26-13-9-21-38(46)40-31-30-39-37-20-8-12-25-45(37)61(53(39)54(40)62)36-32-44(35-18-6-5-7-19-35)52-42-23-11-15-28-48(42)64-50(52)33-36/h3-33H,1-2H3/b4-3-,34-17+. The monoisotopic (exact) mass is 823 g/mol. The van der Waals surface area contributed by atoms with Gasteiger partial charge in [0.1, 0.15) is 22.3 Å². The first-order valence-electron chi connectivity index (χ1n) is 21.6. The Bertz CT molecular complexity index is 4110. The Kier molecular flexibility index (Phi) is 7.90. The molecule has 0 fully saturated rings. The first-order chi connectivity index (χ1) is 31.6. The van der Waals surface area contributed by atoms with Gasteiger partial charge in [0.25, 0.3) is 0 Å². The van der Waals surface area contributed by atoms with Gasteiger partial charge in [0, 0.05) is 54.7 Å². The van der Waals surface area contributed by atoms with Crippen molar-refractivity contribution in [3.8, 4) is 34.2 Å². The molecule has 5 aromatic heterocycles. The van der Waals surface area contributed by atoms with Gasteiger partial charge in [-0.3, -0.25) is 4.57 Å². The molecule has 0 saturated carbocycles. The number of para-hydroxylation sites is 4. The molecule has 5 heterocycles. The Morgan fingerprint density at radius 2 is 1.06 bits per heavy atom. The molecule has 13 aromatic rings. The van der Waals surface area contributed by atoms with Crippen LogP contribution in [0.5, 0.6) is 0 Å². The SMILES string of the molecule is C/C=C\C=C(/C)c1nc(-c2cccc3oc4ccccc4c23)nc(-n2c3ccccc3c3ccc4c5ccccc5n(-c5cc(-c6ccccc6)c6c(c5)oc5ccccc56)c4c32)n1. The summed E-state index contributed by atoms with van der Waals surface area (Å²) in [6, 6.07) is 59.4. The number of furan rings is 2. The normalized spacial score (nSPS) is 12.6. The highest BCUT2D eigenvalue weighted by atomic mass is 16.3. The molecule has 0 amide bonds. The zero-order valence-electron chi connectivity index (χ0n) is 35.0. The highest BCUT2D eigenvalue weighted by Gasteiger charge is 2.25. The van der Waals surface area contributed by atoms with E-state index in [9.17, 15) is 0 Å². The predicted molar refractivity (Wildman–Crippen MR) is 262 cm³/mol. The number of benzene rings is 8. The number of nitrogens with zero attached hydrogens (tertiary/aromatic N) is 5. The van der Waals surface area contributed by atoms with Crippen molar-refractivity contribution < 1.29 is 8.83 Å². The van der Waals surface area contributed by atoms with Crippen LogP contribution in [0, 0.1) is 0 Å². The van der Waals surface area contributed by atoms with Gasteiger partial charge in [0.2, 0.25) is 5.95 Å². The van der Waals surface area contributed by atoms with Crippen LogP contribution in [-0.2, 0) is 0 Å². The van der Waals surface area contributed by atoms with Crippen molar-refractivity contribution in [3.63, 3.8) is 0 Å². The fraction of sp³-hybridized carbons (Fsp3) is 0.0351. The molecule has 7 nitrogen and oxygen atoms in total. The minimum absolute atomic E-state index is 0.520. The van der Waals surface area contributed by atoms with Crippen molar-refractivity contribution in [2.75, 3.05) is 0 Å². The van der Waals surface area contributed by atoms with E-state index in [0.29, 0.717) is 17.6 Å². The number of hydrogen-bond donors (Lipinski definition) is 0. The molecule has 8 aromatic carbocycles. The minimum Gasteiger partial charge on any atom is -0.456 e. The molecular formula is C57H37N5O2. The molecule has 0 spiro atoms. The van der Waals surface area contributed by atoms with Gasteiger partial charge in [-0.05, 0) is 66.9 Å². The zero-order valence-corrected chi connectivity index (χ0v) is 35.0. The lowest BCUT2D eigenvalue weighted by Gasteiger charge is -2.14. The molecule has 0 atom stereocenters. The summed E-state index contributed by atoms with van der Waals surface area (Å²) in [6.07, 6.45) is 6.09. The highest BCUT2D eigenvalue weighted by molar-refractivity contribution is 6.24. The largest absolute Gasteiger partial charge is 0.456 e. The molecular weight excluding hydrogens is 787 g/mol. The highest BCUT2D eigenvalue weighted by Crippen LogP contribution is 2.45. The molecule has 7 heteroatoms. The van der Waals surface area contributed by atoms with Crippen LogP contribution in [0.3, 0.4) is 0 Å². The number of aromatic nitrogens is 5. The summed E-state index contributed by atoms with van der Waals surface area (Å²) < 4.78 is 17.7. The second kappa shape index (κ2) is 14.0. The lowest BCUT2D eigenvalue weighted by Crippen LogP contribution is -2.08. The topological polar surface area (TPSA) is 74.8 Å². The Labute approximate surface area is 366 Å². The Balaban J connectivity index is 1.18. The van der Waals surface area contributed by atoms with Crippen LogP contribution in [0.25, 0.3) is 127 Å². The quantitative estimate of drug-likeness (QED) is 0.156. The molecule has 0 aliphatic rings. The molecule has 64 heavy (non-hydrogen) atoms. The first kappa shape index (κ1) is 36.1. The molecule has 13 rings (SSSR count). The van der Waals surface area contributed by atoms with Crippen molar-refractivity contribution >= 4 is 93.1 Å². The Morgan fingerprint density at radius 1 is 0.484 bits per heavy atom. The van der Waals surface area contributed by atoms with Gasteiger partial charge >= 0.3 is 0 Å². The average molecular weight is 824 g/mol. The van der Waals surface area contributed by atoms with Gasteiger partial charge < -0.3 is 13.4 Å². The number of fused-ring (bicyclic) bond motifs is 13. The molecule has 302 valence electrons. The van der Waals surface area contributed by atoms with E-state index in [-0.39, 0.29) is 0 Å². The Hall–Kier alpha value is -8.55. The minimum atomic E-state index is 0.520. The fourth-order valence-corrected chi connectivity index (χ4v) is 9.83. The maximum atomic E-state index is 6.71. The van der Waals surface area contributed by atoms with Gasteiger partial charge in [-0.15, -0.1) is 0 Å². The van der Waals surface area contributed by atoms with Gasteiger partial charge in [-0.2, -0.15) is 9.97 Å². The summed E-state index contributed by atoms with van der Waals surface area (Å²) >= 11 is 0. The molecule has 0 unspecified atom stereocenters. The number of rotatable bonds is 6. The van der Waals surface area contributed by atoms with Crippen molar-refractivity contribution in [1.29, 1.82) is 0 Å². The van der Waals surface area contributed by atoms with Crippen LogP contribution in [0.15, 0.2) is 197 Å². The van der Waals surface area contributed by atoms with Crippen LogP contribution in [0.1, 0.15) is 19.7 Å². The van der Waals surface area contributed by atoms with E-state index in [4.69, 9.17) is 23.8 Å². The summed E-state index contributed by atoms with van der Waals surface area (Å²) in [6.45, 7) is 4.06. The maximum absolute atomic E-state index is 6.71. The molecule has 0 saturated heterocycles. The Morgan fingerprint density at radius 3 is 1.77 bits per heavy atom. The number of allylic oxidation sites excluding steroid dienone is 4. The van der Waals surface area contributed by atoms with Crippen molar-refractivity contribution in [3.05, 3.63) is 194 Å². The molecule has 0 bridgehead atoms. The van der Waals surface area contributed by atoms with Gasteiger partial charge in [0.15, 0.2) is 11.6 Å². The predicted octanol–water partition coefficient (Wildman–Crippen LogP) is 15.2. The van der Waals surface area contributed by atoms with Crippen LogP contribution in [-0.4, -0.2) is 24.1 Å².